The average Bonchev–Trinajstić information content (AvgIpc) is 2.88. The van der Waals surface area contributed by atoms with E-state index in [1.807, 2.05) is 0 Å². The third-order valence-corrected chi connectivity index (χ3v) is 3.62. The summed E-state index contributed by atoms with van der Waals surface area (Å²) in [6, 6.07) is 11.8. The summed E-state index contributed by atoms with van der Waals surface area (Å²) in [5.41, 5.74) is 0.274. The van der Waals surface area contributed by atoms with Crippen LogP contribution in [-0.2, 0) is 9.53 Å². The zero-order valence-corrected chi connectivity index (χ0v) is 13.6. The maximum Gasteiger partial charge on any atom is 0.573 e. The molecule has 8 heteroatoms. The van der Waals surface area contributed by atoms with Gasteiger partial charge in [0.05, 0.1) is 2.74 Å². The smallest absolute Gasteiger partial charge is 0.446 e. The number of para-hydroxylation sites is 1. The molecule has 0 saturated carbocycles. The van der Waals surface area contributed by atoms with E-state index in [1.54, 1.807) is 18.2 Å². The summed E-state index contributed by atoms with van der Waals surface area (Å²) in [7, 11) is 0. The number of carbonyl (C=O) groups is 2. The van der Waals surface area contributed by atoms with Gasteiger partial charge < -0.3 is 9.47 Å². The highest BCUT2D eigenvalue weighted by Gasteiger charge is 2.38. The highest BCUT2D eigenvalue weighted by atomic mass is 19.4. The Hall–Kier alpha value is -3.29. The lowest BCUT2D eigenvalue weighted by Crippen LogP contribution is -2.32. The van der Waals surface area contributed by atoms with Gasteiger partial charge in [0.15, 0.2) is 0 Å². The Labute approximate surface area is 155 Å². The third-order valence-electron chi connectivity index (χ3n) is 3.62. The number of alkyl halides is 3. The van der Waals surface area contributed by atoms with Crippen LogP contribution in [0.3, 0.4) is 0 Å². The molecule has 2 aromatic rings. The predicted octanol–water partition coefficient (Wildman–Crippen LogP) is 4.32. The van der Waals surface area contributed by atoms with Gasteiger partial charge in [-0.1, -0.05) is 48.5 Å². The molecule has 1 fully saturated rings. The van der Waals surface area contributed by atoms with Crippen molar-refractivity contribution >= 4 is 18.1 Å². The molecular weight excluding hydrogens is 363 g/mol. The quantitative estimate of drug-likeness (QED) is 0.743. The lowest BCUT2D eigenvalue weighted by molar-refractivity contribution is -0.274. The van der Waals surface area contributed by atoms with E-state index in [9.17, 15) is 22.8 Å². The average molecular weight is 379 g/mol. The lowest BCUT2D eigenvalue weighted by atomic mass is 10.1. The molecule has 0 aliphatic carbocycles. The van der Waals surface area contributed by atoms with Gasteiger partial charge in [-0.05, 0) is 17.7 Å². The van der Waals surface area contributed by atoms with Gasteiger partial charge in [-0.25, -0.2) is 9.69 Å². The number of hydrogen-bond donors (Lipinski definition) is 0. The molecule has 5 nitrogen and oxygen atoms in total. The predicted molar refractivity (Wildman–Crippen MR) is 89.5 cm³/mol. The lowest BCUT2D eigenvalue weighted by Gasteiger charge is -2.18. The second kappa shape index (κ2) is 7.53. The first-order chi connectivity index (χ1) is 13.6. The van der Waals surface area contributed by atoms with E-state index in [0.29, 0.717) is 10.5 Å². The van der Waals surface area contributed by atoms with Crippen molar-refractivity contribution in [3.63, 3.8) is 0 Å². The minimum absolute atomic E-state index is 0.0509. The molecule has 1 aliphatic rings. The molecule has 0 unspecified atom stereocenters. The maximum absolute atomic E-state index is 12.6. The highest BCUT2D eigenvalue weighted by Crippen LogP contribution is 2.29. The van der Waals surface area contributed by atoms with Crippen molar-refractivity contribution in [3.05, 3.63) is 71.8 Å². The van der Waals surface area contributed by atoms with E-state index in [0.717, 1.165) is 18.2 Å². The van der Waals surface area contributed by atoms with Crippen LogP contribution >= 0.6 is 0 Å². The SMILES string of the molecule is [2H]C1([2H])OC(=O)N(C(=O)/C=C/c2ccccc2OC(F)(F)F)[C@H]1c1ccccc1. The number of amides is 2. The van der Waals surface area contributed by atoms with E-state index in [1.165, 1.54) is 30.3 Å². The van der Waals surface area contributed by atoms with E-state index in [2.05, 4.69) is 9.47 Å². The molecule has 3 rings (SSSR count). The fourth-order valence-electron chi connectivity index (χ4n) is 2.46. The summed E-state index contributed by atoms with van der Waals surface area (Å²) in [6.45, 7) is -2.47. The second-order valence-electron chi connectivity index (χ2n) is 5.43. The van der Waals surface area contributed by atoms with Crippen LogP contribution in [0, 0.1) is 0 Å². The van der Waals surface area contributed by atoms with Gasteiger partial charge in [0.25, 0.3) is 5.91 Å². The minimum atomic E-state index is -4.92. The molecule has 2 aromatic carbocycles. The number of cyclic esters (lactones) is 1. The molecule has 140 valence electrons. The van der Waals surface area contributed by atoms with E-state index >= 15 is 0 Å². The molecule has 27 heavy (non-hydrogen) atoms. The summed E-state index contributed by atoms with van der Waals surface area (Å²) in [6.07, 6.45) is -4.20. The largest absolute Gasteiger partial charge is 0.573 e. The highest BCUT2D eigenvalue weighted by molar-refractivity contribution is 6.02. The van der Waals surface area contributed by atoms with Crippen molar-refractivity contribution in [1.29, 1.82) is 0 Å². The molecule has 1 atom stereocenters. The summed E-state index contributed by atoms with van der Waals surface area (Å²) in [4.78, 5) is 25.3. The molecule has 0 bridgehead atoms. The second-order valence-corrected chi connectivity index (χ2v) is 5.43. The zero-order chi connectivity index (χ0) is 21.2. The van der Waals surface area contributed by atoms with E-state index < -0.39 is 36.7 Å². The number of ether oxygens (including phenoxy) is 2. The number of rotatable bonds is 4. The van der Waals surface area contributed by atoms with Gasteiger partial charge in [0.1, 0.15) is 18.4 Å². The monoisotopic (exact) mass is 379 g/mol. The van der Waals surface area contributed by atoms with Crippen LogP contribution in [0.2, 0.25) is 0 Å². The van der Waals surface area contributed by atoms with Crippen molar-refractivity contribution in [2.24, 2.45) is 0 Å². The van der Waals surface area contributed by atoms with Crippen LogP contribution in [0.15, 0.2) is 60.7 Å². The first kappa shape index (κ1) is 15.9. The molecule has 0 aromatic heterocycles. The zero-order valence-electron chi connectivity index (χ0n) is 15.6. The van der Waals surface area contributed by atoms with Gasteiger partial charge in [0, 0.05) is 11.6 Å². The molecular formula is C19H14F3NO4. The summed E-state index contributed by atoms with van der Waals surface area (Å²) >= 11 is 0. The van der Waals surface area contributed by atoms with Crippen molar-refractivity contribution < 1.29 is 35.0 Å². The standard InChI is InChI=1S/C19H14F3NO4/c20-19(21,22)27-16-9-5-4-8-14(16)10-11-17(24)23-15(12-26-18(23)25)13-6-2-1-3-7-13/h1-11,15H,12H2/b11-10+/t15-/m1/s1/i12D2. The Balaban J connectivity index is 1.89. The Bertz CT molecular complexity index is 948. The summed E-state index contributed by atoms with van der Waals surface area (Å²) < 4.78 is 62.0. The van der Waals surface area contributed by atoms with Crippen LogP contribution in [0.1, 0.15) is 19.9 Å². The van der Waals surface area contributed by atoms with Crippen LogP contribution < -0.4 is 4.74 Å². The van der Waals surface area contributed by atoms with Gasteiger partial charge in [-0.3, -0.25) is 4.79 Å². The number of benzene rings is 2. The molecule has 0 N–H and O–H groups in total. The van der Waals surface area contributed by atoms with Crippen molar-refractivity contribution in [1.82, 2.24) is 4.90 Å². The number of carbonyl (C=O) groups excluding carboxylic acids is 2. The number of imide groups is 1. The first-order valence-electron chi connectivity index (χ1n) is 8.72. The summed E-state index contributed by atoms with van der Waals surface area (Å²) in [5, 5.41) is 0. The fourth-order valence-corrected chi connectivity index (χ4v) is 2.46. The topological polar surface area (TPSA) is 55.8 Å². The number of hydrogen-bond acceptors (Lipinski definition) is 4. The Morgan fingerprint density at radius 1 is 1.19 bits per heavy atom. The number of nitrogens with zero attached hydrogens (tertiary/aromatic N) is 1. The van der Waals surface area contributed by atoms with Crippen molar-refractivity contribution in [2.75, 3.05) is 6.56 Å². The molecule has 0 radical (unpaired) electrons. The van der Waals surface area contributed by atoms with Gasteiger partial charge >= 0.3 is 12.5 Å². The Morgan fingerprint density at radius 3 is 2.56 bits per heavy atom. The van der Waals surface area contributed by atoms with Gasteiger partial charge in [-0.2, -0.15) is 0 Å². The van der Waals surface area contributed by atoms with Crippen molar-refractivity contribution in [2.45, 2.75) is 12.4 Å². The maximum atomic E-state index is 12.6. The van der Waals surface area contributed by atoms with E-state index in [4.69, 9.17) is 2.74 Å². The Kier molecular flexibility index (Phi) is 4.44. The van der Waals surface area contributed by atoms with Gasteiger partial charge in [0.2, 0.25) is 0 Å². The Morgan fingerprint density at radius 2 is 1.85 bits per heavy atom. The van der Waals surface area contributed by atoms with Crippen LogP contribution in [-0.4, -0.2) is 29.8 Å². The van der Waals surface area contributed by atoms with Crippen LogP contribution in [0.25, 0.3) is 6.08 Å². The van der Waals surface area contributed by atoms with Gasteiger partial charge in [-0.15, -0.1) is 13.2 Å². The molecule has 1 aliphatic heterocycles. The summed E-state index contributed by atoms with van der Waals surface area (Å²) in [5.74, 6) is -1.48. The molecule has 0 spiro atoms. The first-order valence-corrected chi connectivity index (χ1v) is 7.72. The van der Waals surface area contributed by atoms with Crippen LogP contribution in [0.5, 0.6) is 5.75 Å². The number of halogens is 3. The molecule has 1 heterocycles. The fraction of sp³-hybridized carbons (Fsp3) is 0.158. The van der Waals surface area contributed by atoms with Crippen molar-refractivity contribution in [3.8, 4) is 5.75 Å². The van der Waals surface area contributed by atoms with E-state index in [-0.39, 0.29) is 5.56 Å². The third kappa shape index (κ3) is 4.46. The normalized spacial score (nSPS) is 20.2. The van der Waals surface area contributed by atoms with Crippen LogP contribution in [0.4, 0.5) is 18.0 Å². The minimum Gasteiger partial charge on any atom is -0.446 e. The molecule has 1 saturated heterocycles. The molecule has 2 amide bonds.